The number of aromatic nitrogens is 2. The Labute approximate surface area is 124 Å². The predicted molar refractivity (Wildman–Crippen MR) is 82.9 cm³/mol. The third-order valence-electron chi connectivity index (χ3n) is 4.10. The van der Waals surface area contributed by atoms with E-state index in [0.29, 0.717) is 4.77 Å². The molecule has 2 N–H and O–H groups in total. The molecule has 5 heteroatoms. The zero-order chi connectivity index (χ0) is 14.1. The number of aryl methyl sites for hydroxylation is 3. The van der Waals surface area contributed by atoms with Gasteiger partial charge < -0.3 is 10.3 Å². The van der Waals surface area contributed by atoms with Gasteiger partial charge >= 0.3 is 0 Å². The van der Waals surface area contributed by atoms with Crippen molar-refractivity contribution < 1.29 is 4.42 Å². The second-order valence-electron chi connectivity index (χ2n) is 5.56. The summed E-state index contributed by atoms with van der Waals surface area (Å²) in [6.07, 6.45) is 8.86. The zero-order valence-corrected chi connectivity index (χ0v) is 12.8. The van der Waals surface area contributed by atoms with Gasteiger partial charge in [-0.25, -0.2) is 9.66 Å². The van der Waals surface area contributed by atoms with Gasteiger partial charge in [-0.05, 0) is 44.3 Å². The van der Waals surface area contributed by atoms with Crippen molar-refractivity contribution in [2.45, 2.75) is 58.3 Å². The molecule has 0 aromatic carbocycles. The van der Waals surface area contributed by atoms with Crippen LogP contribution in [0.5, 0.6) is 0 Å². The minimum Gasteiger partial charge on any atom is -0.457 e. The first-order valence-electron chi connectivity index (χ1n) is 7.53. The van der Waals surface area contributed by atoms with Gasteiger partial charge in [-0.3, -0.25) is 0 Å². The van der Waals surface area contributed by atoms with Crippen molar-refractivity contribution in [3.63, 3.8) is 0 Å². The molecule has 108 valence electrons. The van der Waals surface area contributed by atoms with Gasteiger partial charge in [-0.15, -0.1) is 0 Å². The van der Waals surface area contributed by atoms with E-state index in [1.165, 1.54) is 35.9 Å². The van der Waals surface area contributed by atoms with Crippen LogP contribution in [0, 0.1) is 4.77 Å². The molecule has 1 aliphatic carbocycles. The van der Waals surface area contributed by atoms with Gasteiger partial charge in [0.15, 0.2) is 5.58 Å². The van der Waals surface area contributed by atoms with Crippen LogP contribution in [0.1, 0.15) is 56.0 Å². The lowest BCUT2D eigenvalue weighted by molar-refractivity contribution is 0.502. The first-order valence-corrected chi connectivity index (χ1v) is 7.94. The van der Waals surface area contributed by atoms with Crippen LogP contribution >= 0.6 is 12.2 Å². The normalized spacial score (nSPS) is 14.7. The van der Waals surface area contributed by atoms with E-state index in [4.69, 9.17) is 22.5 Å². The Morgan fingerprint density at radius 1 is 1.30 bits per heavy atom. The quantitative estimate of drug-likeness (QED) is 0.530. The second kappa shape index (κ2) is 5.56. The fraction of sp³-hybridized carbons (Fsp3) is 0.600. The molecule has 20 heavy (non-hydrogen) atoms. The van der Waals surface area contributed by atoms with Gasteiger partial charge in [-0.1, -0.05) is 19.8 Å². The first kappa shape index (κ1) is 13.6. The lowest BCUT2D eigenvalue weighted by Crippen LogP contribution is -2.15. The van der Waals surface area contributed by atoms with Crippen LogP contribution in [0.25, 0.3) is 11.1 Å². The second-order valence-corrected chi connectivity index (χ2v) is 5.92. The molecule has 2 aromatic rings. The third kappa shape index (κ3) is 2.24. The summed E-state index contributed by atoms with van der Waals surface area (Å²) in [7, 11) is 0. The van der Waals surface area contributed by atoms with E-state index in [9.17, 15) is 0 Å². The highest BCUT2D eigenvalue weighted by atomic mass is 32.1. The number of hydrogen-bond donors (Lipinski definition) is 1. The zero-order valence-electron chi connectivity index (χ0n) is 11.9. The van der Waals surface area contributed by atoms with E-state index in [2.05, 4.69) is 11.9 Å². The lowest BCUT2D eigenvalue weighted by Gasteiger charge is -2.10. The Hall–Kier alpha value is -1.36. The summed E-state index contributed by atoms with van der Waals surface area (Å²) in [5.74, 6) is 7.19. The molecule has 4 nitrogen and oxygen atoms in total. The number of hydrogen-bond acceptors (Lipinski definition) is 4. The van der Waals surface area contributed by atoms with Crippen molar-refractivity contribution in [2.75, 3.05) is 5.84 Å². The predicted octanol–water partition coefficient (Wildman–Crippen LogP) is 3.68. The standard InChI is InChI=1S/C15H21N3OS/c1-2-3-4-8-11-14-13(18(16)15(20)17-11)10-7-5-6-9-12(10)19-14/h2-9,16H2,1H3. The number of fused-ring (bicyclic) bond motifs is 3. The van der Waals surface area contributed by atoms with Crippen molar-refractivity contribution in [3.8, 4) is 0 Å². The average Bonchev–Trinajstić information content (AvgIpc) is 2.84. The lowest BCUT2D eigenvalue weighted by atomic mass is 9.97. The van der Waals surface area contributed by atoms with E-state index >= 15 is 0 Å². The molecular weight excluding hydrogens is 270 g/mol. The van der Waals surface area contributed by atoms with Crippen molar-refractivity contribution in [1.82, 2.24) is 9.66 Å². The van der Waals surface area contributed by atoms with E-state index in [1.54, 1.807) is 0 Å². The van der Waals surface area contributed by atoms with Crippen molar-refractivity contribution >= 4 is 23.3 Å². The molecule has 0 atom stereocenters. The molecule has 0 saturated heterocycles. The molecule has 1 aliphatic rings. The third-order valence-corrected chi connectivity index (χ3v) is 4.39. The molecule has 0 unspecified atom stereocenters. The first-order chi connectivity index (χ1) is 9.72. The van der Waals surface area contributed by atoms with Gasteiger partial charge in [0.1, 0.15) is 11.3 Å². The van der Waals surface area contributed by atoms with Gasteiger partial charge in [-0.2, -0.15) is 0 Å². The van der Waals surface area contributed by atoms with Crippen molar-refractivity contribution in [1.29, 1.82) is 0 Å². The Balaban J connectivity index is 2.13. The fourth-order valence-electron chi connectivity index (χ4n) is 3.03. The van der Waals surface area contributed by atoms with Crippen LogP contribution in [0.4, 0.5) is 0 Å². The number of furan rings is 1. The Morgan fingerprint density at radius 2 is 2.10 bits per heavy atom. The average molecular weight is 291 g/mol. The molecule has 2 heterocycles. The Morgan fingerprint density at radius 3 is 2.90 bits per heavy atom. The fourth-order valence-corrected chi connectivity index (χ4v) is 3.23. The minimum absolute atomic E-state index is 0.457. The van der Waals surface area contributed by atoms with Crippen LogP contribution in [0.15, 0.2) is 4.42 Å². The summed E-state index contributed by atoms with van der Waals surface area (Å²) in [5.41, 5.74) is 4.07. The minimum atomic E-state index is 0.457. The number of unbranched alkanes of at least 4 members (excludes halogenated alkanes) is 2. The number of nitrogen functional groups attached to an aromatic ring is 1. The summed E-state index contributed by atoms with van der Waals surface area (Å²) in [6, 6.07) is 0. The maximum absolute atomic E-state index is 6.10. The van der Waals surface area contributed by atoms with Crippen LogP contribution in [-0.4, -0.2) is 9.66 Å². The molecule has 0 radical (unpaired) electrons. The summed E-state index contributed by atoms with van der Waals surface area (Å²) in [4.78, 5) is 4.48. The van der Waals surface area contributed by atoms with Gasteiger partial charge in [0.05, 0.1) is 5.69 Å². The van der Waals surface area contributed by atoms with E-state index in [1.807, 2.05) is 0 Å². The summed E-state index contributed by atoms with van der Waals surface area (Å²) >= 11 is 5.30. The number of nitrogens with zero attached hydrogens (tertiary/aromatic N) is 2. The molecule has 0 aliphatic heterocycles. The van der Waals surface area contributed by atoms with Crippen LogP contribution in [0.3, 0.4) is 0 Å². The molecule has 0 bridgehead atoms. The van der Waals surface area contributed by atoms with Crippen LogP contribution in [-0.2, 0) is 19.3 Å². The molecular formula is C15H21N3OS. The number of nitrogens with two attached hydrogens (primary N) is 1. The van der Waals surface area contributed by atoms with Crippen molar-refractivity contribution in [2.24, 2.45) is 0 Å². The molecule has 0 saturated carbocycles. The maximum Gasteiger partial charge on any atom is 0.219 e. The number of rotatable bonds is 4. The summed E-state index contributed by atoms with van der Waals surface area (Å²) in [5, 5.41) is 0. The van der Waals surface area contributed by atoms with E-state index in [0.717, 1.165) is 48.2 Å². The van der Waals surface area contributed by atoms with Gasteiger partial charge in [0.25, 0.3) is 0 Å². The van der Waals surface area contributed by atoms with Crippen molar-refractivity contribution in [3.05, 3.63) is 21.8 Å². The van der Waals surface area contributed by atoms with E-state index in [-0.39, 0.29) is 0 Å². The largest absolute Gasteiger partial charge is 0.457 e. The molecule has 2 aromatic heterocycles. The molecule has 0 amide bonds. The smallest absolute Gasteiger partial charge is 0.219 e. The maximum atomic E-state index is 6.10. The molecule has 0 spiro atoms. The highest BCUT2D eigenvalue weighted by Gasteiger charge is 2.22. The molecule has 0 fully saturated rings. The molecule has 3 rings (SSSR count). The topological polar surface area (TPSA) is 57.0 Å². The highest BCUT2D eigenvalue weighted by Crippen LogP contribution is 2.32. The summed E-state index contributed by atoms with van der Waals surface area (Å²) < 4.78 is 8.06. The van der Waals surface area contributed by atoms with Crippen LogP contribution in [0.2, 0.25) is 0 Å². The van der Waals surface area contributed by atoms with E-state index < -0.39 is 0 Å². The highest BCUT2D eigenvalue weighted by molar-refractivity contribution is 7.71. The van der Waals surface area contributed by atoms with Gasteiger partial charge in [0.2, 0.25) is 4.77 Å². The summed E-state index contributed by atoms with van der Waals surface area (Å²) in [6.45, 7) is 2.20. The van der Waals surface area contributed by atoms with Crippen LogP contribution < -0.4 is 5.84 Å². The Bertz CT molecular complexity index is 686. The SMILES string of the molecule is CCCCCc1nc(=S)n(N)c2c3c(oc12)CCCC3. The Kier molecular flexibility index (Phi) is 3.78. The monoisotopic (exact) mass is 291 g/mol. The van der Waals surface area contributed by atoms with Gasteiger partial charge in [0, 0.05) is 12.0 Å².